The maximum absolute atomic E-state index is 13.4. The minimum Gasteiger partial charge on any atom is -0.505 e. The molecule has 1 aliphatic carbocycles. The van der Waals surface area contributed by atoms with E-state index in [1.807, 2.05) is 6.07 Å². The summed E-state index contributed by atoms with van der Waals surface area (Å²) in [5.41, 5.74) is 6.68. The predicted molar refractivity (Wildman–Crippen MR) is 66.3 cm³/mol. The number of nitrogens with zero attached hydrogens (tertiary/aromatic N) is 1. The molecule has 4 heteroatoms. The Morgan fingerprint density at radius 3 is 2.61 bits per heavy atom. The van der Waals surface area contributed by atoms with Crippen LogP contribution in [0.1, 0.15) is 49.3 Å². The Morgan fingerprint density at radius 1 is 1.33 bits per heavy atom. The van der Waals surface area contributed by atoms with Crippen molar-refractivity contribution in [3.8, 4) is 11.8 Å². The van der Waals surface area contributed by atoms with Crippen LogP contribution in [0, 0.1) is 23.1 Å². The standard InChI is InChI=1S/C14H17FN2O/c15-11-7-6-10(8-16)12(14(11)18)13(17)9-4-2-1-3-5-9/h6-7,9,13,18H,1-5,17H2/t13-/m0/s1. The highest BCUT2D eigenvalue weighted by Crippen LogP contribution is 2.38. The van der Waals surface area contributed by atoms with E-state index < -0.39 is 17.6 Å². The fourth-order valence-electron chi connectivity index (χ4n) is 2.75. The molecule has 18 heavy (non-hydrogen) atoms. The van der Waals surface area contributed by atoms with Gasteiger partial charge < -0.3 is 10.8 Å². The van der Waals surface area contributed by atoms with Crippen LogP contribution in [0.5, 0.6) is 5.75 Å². The van der Waals surface area contributed by atoms with Gasteiger partial charge in [-0.25, -0.2) is 4.39 Å². The van der Waals surface area contributed by atoms with Crippen molar-refractivity contribution in [3.05, 3.63) is 29.1 Å². The third-order valence-corrected chi connectivity index (χ3v) is 3.78. The van der Waals surface area contributed by atoms with E-state index in [2.05, 4.69) is 0 Å². The lowest BCUT2D eigenvalue weighted by atomic mass is 9.80. The molecule has 96 valence electrons. The maximum Gasteiger partial charge on any atom is 0.165 e. The fourth-order valence-corrected chi connectivity index (χ4v) is 2.75. The average molecular weight is 248 g/mol. The van der Waals surface area contributed by atoms with Crippen LogP contribution in [-0.4, -0.2) is 5.11 Å². The summed E-state index contributed by atoms with van der Waals surface area (Å²) in [5, 5.41) is 18.8. The zero-order chi connectivity index (χ0) is 13.1. The molecule has 0 aromatic heterocycles. The Labute approximate surface area is 106 Å². The maximum atomic E-state index is 13.4. The first-order chi connectivity index (χ1) is 8.65. The monoisotopic (exact) mass is 248 g/mol. The van der Waals surface area contributed by atoms with Gasteiger partial charge >= 0.3 is 0 Å². The van der Waals surface area contributed by atoms with Crippen LogP contribution in [0.2, 0.25) is 0 Å². The van der Waals surface area contributed by atoms with Gasteiger partial charge in [0.15, 0.2) is 11.6 Å². The van der Waals surface area contributed by atoms with Crippen LogP contribution < -0.4 is 5.73 Å². The third-order valence-electron chi connectivity index (χ3n) is 3.78. The third kappa shape index (κ3) is 2.32. The van der Waals surface area contributed by atoms with Crippen molar-refractivity contribution in [1.82, 2.24) is 0 Å². The molecule has 1 aromatic rings. The molecule has 2 rings (SSSR count). The molecule has 1 saturated carbocycles. The molecule has 1 aromatic carbocycles. The molecule has 0 radical (unpaired) electrons. The van der Waals surface area contributed by atoms with Gasteiger partial charge in [-0.1, -0.05) is 19.3 Å². The summed E-state index contributed by atoms with van der Waals surface area (Å²) in [6.45, 7) is 0. The van der Waals surface area contributed by atoms with Gasteiger partial charge in [0.1, 0.15) is 0 Å². The van der Waals surface area contributed by atoms with E-state index in [9.17, 15) is 9.50 Å². The molecule has 0 aliphatic heterocycles. The Balaban J connectivity index is 2.36. The molecule has 0 unspecified atom stereocenters. The number of nitriles is 1. The zero-order valence-corrected chi connectivity index (χ0v) is 10.2. The van der Waals surface area contributed by atoms with Gasteiger partial charge in [-0.2, -0.15) is 5.26 Å². The quantitative estimate of drug-likeness (QED) is 0.845. The van der Waals surface area contributed by atoms with Gasteiger partial charge in [-0.05, 0) is 30.9 Å². The van der Waals surface area contributed by atoms with Crippen LogP contribution in [0.25, 0.3) is 0 Å². The normalized spacial score (nSPS) is 18.3. The highest BCUT2D eigenvalue weighted by molar-refractivity contribution is 5.48. The fraction of sp³-hybridized carbons (Fsp3) is 0.500. The van der Waals surface area contributed by atoms with E-state index in [1.54, 1.807) is 0 Å². The van der Waals surface area contributed by atoms with Crippen molar-refractivity contribution < 1.29 is 9.50 Å². The van der Waals surface area contributed by atoms with Crippen molar-refractivity contribution in [2.24, 2.45) is 11.7 Å². The second-order valence-corrected chi connectivity index (χ2v) is 4.89. The number of benzene rings is 1. The summed E-state index contributed by atoms with van der Waals surface area (Å²) in [7, 11) is 0. The van der Waals surface area contributed by atoms with Gasteiger partial charge in [0.05, 0.1) is 11.6 Å². The van der Waals surface area contributed by atoms with Gasteiger partial charge in [0.25, 0.3) is 0 Å². The van der Waals surface area contributed by atoms with Crippen LogP contribution in [0.3, 0.4) is 0 Å². The lowest BCUT2D eigenvalue weighted by Gasteiger charge is -2.28. The predicted octanol–water partition coefficient (Wildman–Crippen LogP) is 2.98. The minimum absolute atomic E-state index is 0.221. The zero-order valence-electron chi connectivity index (χ0n) is 10.2. The molecule has 3 N–H and O–H groups in total. The molecule has 0 amide bonds. The number of hydrogen-bond donors (Lipinski definition) is 2. The summed E-state index contributed by atoms with van der Waals surface area (Å²) in [5.74, 6) is -0.957. The van der Waals surface area contributed by atoms with Crippen molar-refractivity contribution in [1.29, 1.82) is 5.26 Å². The molecule has 3 nitrogen and oxygen atoms in total. The molecular formula is C14H17FN2O. The molecule has 1 fully saturated rings. The summed E-state index contributed by atoms with van der Waals surface area (Å²) in [6.07, 6.45) is 5.36. The van der Waals surface area contributed by atoms with E-state index in [1.165, 1.54) is 12.5 Å². The number of halogens is 1. The molecule has 0 heterocycles. The molecule has 0 spiro atoms. The summed E-state index contributed by atoms with van der Waals surface area (Å²) in [6, 6.07) is 4.00. The van der Waals surface area contributed by atoms with Crippen LogP contribution in [0.4, 0.5) is 4.39 Å². The summed E-state index contributed by atoms with van der Waals surface area (Å²) >= 11 is 0. The average Bonchev–Trinajstić information content (AvgIpc) is 2.42. The smallest absolute Gasteiger partial charge is 0.165 e. The van der Waals surface area contributed by atoms with Crippen LogP contribution >= 0.6 is 0 Å². The molecule has 0 bridgehead atoms. The van der Waals surface area contributed by atoms with E-state index in [-0.39, 0.29) is 17.0 Å². The van der Waals surface area contributed by atoms with E-state index in [0.29, 0.717) is 0 Å². The number of nitrogens with two attached hydrogens (primary N) is 1. The number of hydrogen-bond acceptors (Lipinski definition) is 3. The van der Waals surface area contributed by atoms with Gasteiger partial charge in [0, 0.05) is 11.6 Å². The first-order valence-electron chi connectivity index (χ1n) is 6.32. The number of rotatable bonds is 2. The summed E-state index contributed by atoms with van der Waals surface area (Å²) < 4.78 is 13.4. The van der Waals surface area contributed by atoms with Crippen molar-refractivity contribution in [2.45, 2.75) is 38.1 Å². The SMILES string of the molecule is N#Cc1ccc(F)c(O)c1[C@@H](N)C1CCCCC1. The van der Waals surface area contributed by atoms with Gasteiger partial charge in [-0.3, -0.25) is 0 Å². The lowest BCUT2D eigenvalue weighted by Crippen LogP contribution is -2.24. The van der Waals surface area contributed by atoms with E-state index in [4.69, 9.17) is 11.0 Å². The van der Waals surface area contributed by atoms with Crippen molar-refractivity contribution in [3.63, 3.8) is 0 Å². The number of phenols is 1. The Hall–Kier alpha value is -1.60. The highest BCUT2D eigenvalue weighted by Gasteiger charge is 2.27. The molecular weight excluding hydrogens is 231 g/mol. The van der Waals surface area contributed by atoms with E-state index in [0.717, 1.165) is 31.7 Å². The Bertz CT molecular complexity index is 475. The first kappa shape index (κ1) is 12.8. The van der Waals surface area contributed by atoms with Crippen LogP contribution in [-0.2, 0) is 0 Å². The Kier molecular flexibility index (Phi) is 3.83. The minimum atomic E-state index is -0.713. The second kappa shape index (κ2) is 5.36. The summed E-state index contributed by atoms with van der Waals surface area (Å²) in [4.78, 5) is 0. The van der Waals surface area contributed by atoms with Gasteiger partial charge in [-0.15, -0.1) is 0 Å². The lowest BCUT2D eigenvalue weighted by molar-refractivity contribution is 0.300. The molecule has 1 aliphatic rings. The largest absolute Gasteiger partial charge is 0.505 e. The van der Waals surface area contributed by atoms with E-state index >= 15 is 0 Å². The topological polar surface area (TPSA) is 70.0 Å². The second-order valence-electron chi connectivity index (χ2n) is 4.89. The van der Waals surface area contributed by atoms with Gasteiger partial charge in [0.2, 0.25) is 0 Å². The Morgan fingerprint density at radius 2 is 2.00 bits per heavy atom. The molecule has 1 atom stereocenters. The first-order valence-corrected chi connectivity index (χ1v) is 6.32. The van der Waals surface area contributed by atoms with Crippen molar-refractivity contribution in [2.75, 3.05) is 0 Å². The highest BCUT2D eigenvalue weighted by atomic mass is 19.1. The van der Waals surface area contributed by atoms with Crippen molar-refractivity contribution >= 4 is 0 Å². The molecule has 0 saturated heterocycles. The number of phenolic OH excluding ortho intramolecular Hbond substituents is 1. The number of aromatic hydroxyl groups is 1. The van der Waals surface area contributed by atoms with Crippen LogP contribution in [0.15, 0.2) is 12.1 Å².